The smallest absolute Gasteiger partial charge is 0.325 e. The number of nitrogens with two attached hydrogens (primary N) is 1. The van der Waals surface area contributed by atoms with Gasteiger partial charge in [0.15, 0.2) is 5.71 Å². The molecule has 4 rings (SSSR count). The van der Waals surface area contributed by atoms with Crippen molar-refractivity contribution in [3.05, 3.63) is 29.8 Å². The van der Waals surface area contributed by atoms with E-state index in [4.69, 9.17) is 15.7 Å². The van der Waals surface area contributed by atoms with Gasteiger partial charge in [0.25, 0.3) is 5.91 Å². The minimum absolute atomic E-state index is 0.00290. The quantitative estimate of drug-likeness (QED) is 0.0914. The second-order valence-corrected chi connectivity index (χ2v) is 10.3. The maximum absolute atomic E-state index is 12.9. The molecule has 1 aromatic carbocycles. The van der Waals surface area contributed by atoms with E-state index in [-0.39, 0.29) is 28.9 Å². The summed E-state index contributed by atoms with van der Waals surface area (Å²) < 4.78 is 1.06. The zero-order chi connectivity index (χ0) is 26.7. The average Bonchev–Trinajstić information content (AvgIpc) is 3.30. The molecule has 0 radical (unpaired) electrons. The topological polar surface area (TPSA) is 215 Å². The van der Waals surface area contributed by atoms with Gasteiger partial charge >= 0.3 is 11.9 Å². The van der Waals surface area contributed by atoms with Crippen LogP contribution in [0.4, 0.5) is 5.69 Å². The summed E-state index contributed by atoms with van der Waals surface area (Å²) >= 11 is 2.23. The number of carboxylic acid groups (broad SMARTS) is 2. The van der Waals surface area contributed by atoms with Crippen LogP contribution in [0, 0.1) is 5.41 Å². The Bertz CT molecular complexity index is 1270. The number of benzene rings is 1. The van der Waals surface area contributed by atoms with Crippen LogP contribution in [0.5, 0.6) is 0 Å². The molecule has 0 saturated carbocycles. The number of thioether (sulfide) groups is 2. The number of β-lactam (4-membered cyclic amide) rings is 1. The summed E-state index contributed by atoms with van der Waals surface area (Å²) in [6.07, 6.45) is 0. The molecule has 15 nitrogen and oxygen atoms in total. The Kier molecular flexibility index (Phi) is 7.53. The van der Waals surface area contributed by atoms with Crippen LogP contribution in [-0.2, 0) is 30.6 Å². The lowest BCUT2D eigenvalue weighted by atomic mass is 9.89. The molecular weight excluding hydrogens is 528 g/mol. The second-order valence-electron chi connectivity index (χ2n) is 8.25. The molecule has 0 bridgehead atoms. The summed E-state index contributed by atoms with van der Waals surface area (Å²) in [4.78, 5) is 55.3. The highest BCUT2D eigenvalue weighted by atomic mass is 32.2. The van der Waals surface area contributed by atoms with E-state index in [1.807, 2.05) is 0 Å². The number of carbonyl (C=O) groups is 4. The zero-order valence-corrected chi connectivity index (χ0v) is 20.9. The number of aromatic nitrogens is 4. The number of aliphatic carboxylic acids is 2. The van der Waals surface area contributed by atoms with Crippen molar-refractivity contribution in [3.8, 4) is 0 Å². The lowest BCUT2D eigenvalue weighted by Crippen LogP contribution is -2.74. The first-order valence-corrected chi connectivity index (χ1v) is 12.7. The molecule has 0 aliphatic carbocycles. The molecule has 3 heterocycles. The number of hydrogen-bond donors (Lipinski definition) is 4. The fourth-order valence-corrected chi connectivity index (χ4v) is 6.59. The normalized spacial score (nSPS) is 23.1. The van der Waals surface area contributed by atoms with Gasteiger partial charge in [0.05, 0.1) is 0 Å². The molecule has 196 valence electrons. The van der Waals surface area contributed by atoms with E-state index in [0.717, 1.165) is 16.4 Å². The van der Waals surface area contributed by atoms with Gasteiger partial charge in [-0.15, -0.1) is 16.9 Å². The number of oxime groups is 1. The van der Waals surface area contributed by atoms with Crippen molar-refractivity contribution >= 4 is 58.7 Å². The van der Waals surface area contributed by atoms with Crippen molar-refractivity contribution in [2.24, 2.45) is 10.6 Å². The fourth-order valence-electron chi connectivity index (χ4n) is 3.85. The molecule has 2 saturated heterocycles. The first kappa shape index (κ1) is 26.2. The summed E-state index contributed by atoms with van der Waals surface area (Å²) in [5.41, 5.74) is 5.23. The number of nitrogen functional groups attached to an aromatic ring is 1. The van der Waals surface area contributed by atoms with E-state index < -0.39 is 47.1 Å². The third-order valence-corrected chi connectivity index (χ3v) is 8.54. The van der Waals surface area contributed by atoms with Gasteiger partial charge in [0.2, 0.25) is 11.1 Å². The Morgan fingerprint density at radius 2 is 2.16 bits per heavy atom. The summed E-state index contributed by atoms with van der Waals surface area (Å²) in [5, 5.41) is 35.9. The number of amides is 2. The molecular formula is C20H22N8O7S2. The van der Waals surface area contributed by atoms with E-state index in [1.54, 1.807) is 24.3 Å². The molecule has 5 N–H and O–H groups in total. The molecule has 2 unspecified atom stereocenters. The van der Waals surface area contributed by atoms with E-state index in [2.05, 4.69) is 26.0 Å². The Morgan fingerprint density at radius 3 is 2.84 bits per heavy atom. The molecule has 3 atom stereocenters. The van der Waals surface area contributed by atoms with Crippen LogP contribution in [0.25, 0.3) is 0 Å². The predicted octanol–water partition coefficient (Wildman–Crippen LogP) is -1.05. The van der Waals surface area contributed by atoms with Crippen molar-refractivity contribution in [2.45, 2.75) is 23.1 Å². The largest absolute Gasteiger partial charge is 0.481 e. The van der Waals surface area contributed by atoms with Crippen molar-refractivity contribution in [2.75, 3.05) is 30.9 Å². The van der Waals surface area contributed by atoms with Gasteiger partial charge in [-0.05, 0) is 22.6 Å². The minimum Gasteiger partial charge on any atom is -0.481 e. The Hall–Kier alpha value is -3.86. The van der Waals surface area contributed by atoms with Crippen molar-refractivity contribution in [3.63, 3.8) is 0 Å². The number of hydrogen-bond acceptors (Lipinski definition) is 12. The summed E-state index contributed by atoms with van der Waals surface area (Å²) in [6, 6.07) is 5.61. The minimum atomic E-state index is -1.33. The fraction of sp³-hybridized carbons (Fsp3) is 0.400. The van der Waals surface area contributed by atoms with E-state index in [1.165, 1.54) is 23.8 Å². The average molecular weight is 551 g/mol. The number of rotatable bonds is 10. The van der Waals surface area contributed by atoms with Gasteiger partial charge in [0.1, 0.15) is 30.5 Å². The summed E-state index contributed by atoms with van der Waals surface area (Å²) in [7, 11) is 1.29. The van der Waals surface area contributed by atoms with Gasteiger partial charge in [-0.3, -0.25) is 19.2 Å². The molecule has 37 heavy (non-hydrogen) atoms. The van der Waals surface area contributed by atoms with Crippen LogP contribution in [0.2, 0.25) is 0 Å². The van der Waals surface area contributed by atoms with Gasteiger partial charge in [-0.25, -0.2) is 4.68 Å². The van der Waals surface area contributed by atoms with Crippen LogP contribution in [-0.4, -0.2) is 101 Å². The van der Waals surface area contributed by atoms with Crippen LogP contribution in [0.1, 0.15) is 5.56 Å². The SMILES string of the molecule is CON=C(C(=O)NC1C(=O)N2CC(CSc3nnnn3CC(=O)O)(C(=O)O)CS[C@H]12)c1cccc(N)c1. The maximum Gasteiger partial charge on any atom is 0.325 e. The van der Waals surface area contributed by atoms with Gasteiger partial charge in [-0.1, -0.05) is 29.1 Å². The summed E-state index contributed by atoms with van der Waals surface area (Å²) in [5.74, 6) is -3.18. The van der Waals surface area contributed by atoms with Crippen molar-refractivity contribution in [1.29, 1.82) is 0 Å². The second kappa shape index (κ2) is 10.6. The van der Waals surface area contributed by atoms with E-state index in [0.29, 0.717) is 11.3 Å². The molecule has 2 fully saturated rings. The van der Waals surface area contributed by atoms with E-state index in [9.17, 15) is 24.3 Å². The Balaban J connectivity index is 1.43. The van der Waals surface area contributed by atoms with Crippen LogP contribution in [0.3, 0.4) is 0 Å². The first-order valence-electron chi connectivity index (χ1n) is 10.7. The predicted molar refractivity (Wildman–Crippen MR) is 131 cm³/mol. The maximum atomic E-state index is 12.9. The van der Waals surface area contributed by atoms with Crippen molar-refractivity contribution < 1.29 is 34.2 Å². The highest BCUT2D eigenvalue weighted by Crippen LogP contribution is 2.44. The molecule has 17 heteroatoms. The van der Waals surface area contributed by atoms with E-state index >= 15 is 0 Å². The van der Waals surface area contributed by atoms with Crippen LogP contribution < -0.4 is 11.1 Å². The third-order valence-electron chi connectivity index (χ3n) is 5.70. The van der Waals surface area contributed by atoms with Crippen LogP contribution in [0.15, 0.2) is 34.6 Å². The molecule has 2 amide bonds. The standard InChI is InChI=1S/C20H22N8O7S2/c1-35-24-13(10-3-2-4-11(21)5-10)15(31)22-14-16(32)27-7-20(18(33)34,8-36-17(14)27)9-37-19-23-25-26-28(19)6-12(29)30/h2-5,14,17H,6-9,21H2,1H3,(H,22,31)(H,29,30)(H,33,34)/t14?,17-,20?/m1/s1. The monoisotopic (exact) mass is 550 g/mol. The number of carboxylic acids is 2. The number of nitrogens with zero attached hydrogens (tertiary/aromatic N) is 6. The third kappa shape index (κ3) is 5.31. The first-order chi connectivity index (χ1) is 17.6. The van der Waals surface area contributed by atoms with Gasteiger partial charge < -0.3 is 31.0 Å². The molecule has 0 spiro atoms. The molecule has 2 aliphatic rings. The van der Waals surface area contributed by atoms with Crippen molar-refractivity contribution in [1.82, 2.24) is 30.4 Å². The summed E-state index contributed by atoms with van der Waals surface area (Å²) in [6.45, 7) is -0.560. The number of anilines is 1. The highest BCUT2D eigenvalue weighted by Gasteiger charge is 2.57. The number of nitrogens with one attached hydrogen (secondary N) is 1. The number of tetrazole rings is 1. The highest BCUT2D eigenvalue weighted by molar-refractivity contribution is 8.00. The van der Waals surface area contributed by atoms with Gasteiger partial charge in [0, 0.05) is 29.3 Å². The lowest BCUT2D eigenvalue weighted by molar-refractivity contribution is -0.157. The van der Waals surface area contributed by atoms with Crippen LogP contribution >= 0.6 is 23.5 Å². The Morgan fingerprint density at radius 1 is 1.38 bits per heavy atom. The zero-order valence-electron chi connectivity index (χ0n) is 19.3. The lowest BCUT2D eigenvalue weighted by Gasteiger charge is -2.53. The Labute approximate surface area is 217 Å². The number of fused-ring (bicyclic) bond motifs is 1. The number of carbonyl (C=O) groups excluding carboxylic acids is 2. The van der Waals surface area contributed by atoms with Gasteiger partial charge in [-0.2, -0.15) is 0 Å². The molecule has 1 aromatic heterocycles. The molecule has 2 aliphatic heterocycles. The molecule has 2 aromatic rings.